The first-order valence-corrected chi connectivity index (χ1v) is 8.01. The molecule has 0 atom stereocenters. The van der Waals surface area contributed by atoms with Crippen LogP contribution in [0, 0.1) is 0 Å². The van der Waals surface area contributed by atoms with Gasteiger partial charge in [0.25, 0.3) is 5.89 Å². The van der Waals surface area contributed by atoms with E-state index in [-0.39, 0.29) is 0 Å². The van der Waals surface area contributed by atoms with Gasteiger partial charge in [-0.15, -0.1) is 11.8 Å². The first-order chi connectivity index (χ1) is 11.3. The minimum Gasteiger partial charge on any atom is -0.497 e. The normalized spacial score (nSPS) is 10.5. The van der Waals surface area contributed by atoms with Gasteiger partial charge in [-0.3, -0.25) is 0 Å². The van der Waals surface area contributed by atoms with Gasteiger partial charge >= 0.3 is 0 Å². The average Bonchev–Trinajstić information content (AvgIpc) is 3.09. The molecule has 2 aromatic carbocycles. The van der Waals surface area contributed by atoms with E-state index in [9.17, 15) is 0 Å². The molecule has 0 spiro atoms. The summed E-state index contributed by atoms with van der Waals surface area (Å²) in [5, 5.41) is 4.02. The Labute approximate surface area is 138 Å². The Kier molecular flexibility index (Phi) is 4.83. The molecule has 118 valence electrons. The van der Waals surface area contributed by atoms with Gasteiger partial charge in [0.2, 0.25) is 0 Å². The van der Waals surface area contributed by atoms with E-state index in [0.29, 0.717) is 17.5 Å². The molecular formula is C17H16N2O3S. The first kappa shape index (κ1) is 15.4. The van der Waals surface area contributed by atoms with E-state index in [1.807, 2.05) is 48.5 Å². The molecule has 0 N–H and O–H groups in total. The van der Waals surface area contributed by atoms with Crippen molar-refractivity contribution in [2.24, 2.45) is 0 Å². The highest BCUT2D eigenvalue weighted by Crippen LogP contribution is 2.26. The van der Waals surface area contributed by atoms with Crippen molar-refractivity contribution in [3.63, 3.8) is 0 Å². The third-order valence-corrected chi connectivity index (χ3v) is 4.24. The molecule has 5 nitrogen and oxygen atoms in total. The first-order valence-electron chi connectivity index (χ1n) is 7.02. The van der Waals surface area contributed by atoms with Gasteiger partial charge in [0.05, 0.1) is 20.0 Å². The summed E-state index contributed by atoms with van der Waals surface area (Å²) in [4.78, 5) is 5.55. The van der Waals surface area contributed by atoms with Crippen molar-refractivity contribution in [3.8, 4) is 23.0 Å². The molecule has 0 aliphatic heterocycles. The lowest BCUT2D eigenvalue weighted by atomic mass is 10.2. The molecule has 0 amide bonds. The fourth-order valence-electron chi connectivity index (χ4n) is 1.98. The third kappa shape index (κ3) is 3.84. The number of benzene rings is 2. The van der Waals surface area contributed by atoms with Gasteiger partial charge in [-0.1, -0.05) is 5.16 Å². The summed E-state index contributed by atoms with van der Waals surface area (Å²) in [6.45, 7) is 0. The molecule has 0 aliphatic rings. The minimum atomic E-state index is 0.512. The van der Waals surface area contributed by atoms with Crippen molar-refractivity contribution < 1.29 is 14.0 Å². The second-order valence-corrected chi connectivity index (χ2v) is 5.76. The highest BCUT2D eigenvalue weighted by Gasteiger charge is 2.09. The number of aromatic nitrogens is 2. The molecule has 1 aromatic heterocycles. The van der Waals surface area contributed by atoms with Crippen molar-refractivity contribution in [3.05, 3.63) is 54.4 Å². The van der Waals surface area contributed by atoms with E-state index in [1.54, 1.807) is 26.0 Å². The fraction of sp³-hybridized carbons (Fsp3) is 0.176. The standard InChI is InChI=1S/C17H16N2O3S/c1-20-13-5-3-12(4-6-13)17-18-16(19-22-17)11-23-15-9-7-14(21-2)8-10-15/h3-10H,11H2,1-2H3. The maximum absolute atomic E-state index is 5.31. The zero-order valence-corrected chi connectivity index (χ0v) is 13.7. The summed E-state index contributed by atoms with van der Waals surface area (Å²) in [6, 6.07) is 15.4. The molecule has 23 heavy (non-hydrogen) atoms. The Morgan fingerprint density at radius 1 is 0.913 bits per heavy atom. The van der Waals surface area contributed by atoms with Gasteiger partial charge in [-0.25, -0.2) is 0 Å². The number of hydrogen-bond acceptors (Lipinski definition) is 6. The summed E-state index contributed by atoms with van der Waals surface area (Å²) in [5.74, 6) is 3.46. The van der Waals surface area contributed by atoms with Crippen LogP contribution in [0.5, 0.6) is 11.5 Å². The molecular weight excluding hydrogens is 312 g/mol. The highest BCUT2D eigenvalue weighted by molar-refractivity contribution is 7.98. The number of hydrogen-bond donors (Lipinski definition) is 0. The third-order valence-electron chi connectivity index (χ3n) is 3.23. The summed E-state index contributed by atoms with van der Waals surface area (Å²) < 4.78 is 15.6. The van der Waals surface area contributed by atoms with Gasteiger partial charge in [0, 0.05) is 10.5 Å². The van der Waals surface area contributed by atoms with E-state index in [1.165, 1.54) is 0 Å². The predicted molar refractivity (Wildman–Crippen MR) is 88.8 cm³/mol. The number of rotatable bonds is 6. The Balaban J connectivity index is 1.64. The Morgan fingerprint density at radius 3 is 2.13 bits per heavy atom. The van der Waals surface area contributed by atoms with Crippen LogP contribution in [-0.4, -0.2) is 24.4 Å². The van der Waals surface area contributed by atoms with Crippen LogP contribution < -0.4 is 9.47 Å². The van der Waals surface area contributed by atoms with E-state index >= 15 is 0 Å². The number of nitrogens with zero attached hydrogens (tertiary/aromatic N) is 2. The topological polar surface area (TPSA) is 57.4 Å². The van der Waals surface area contributed by atoms with Crippen molar-refractivity contribution >= 4 is 11.8 Å². The van der Waals surface area contributed by atoms with E-state index in [4.69, 9.17) is 14.0 Å². The highest BCUT2D eigenvalue weighted by atomic mass is 32.2. The molecule has 3 aromatic rings. The molecule has 0 aliphatic carbocycles. The maximum atomic E-state index is 5.31. The van der Waals surface area contributed by atoms with Crippen LogP contribution in [0.4, 0.5) is 0 Å². The fourth-order valence-corrected chi connectivity index (χ4v) is 2.72. The number of methoxy groups -OCH3 is 2. The van der Waals surface area contributed by atoms with Crippen LogP contribution in [0.15, 0.2) is 57.9 Å². The Hall–Kier alpha value is -2.47. The van der Waals surface area contributed by atoms with Gasteiger partial charge in [-0.05, 0) is 48.5 Å². The monoisotopic (exact) mass is 328 g/mol. The average molecular weight is 328 g/mol. The Bertz CT molecular complexity index is 754. The molecule has 6 heteroatoms. The largest absolute Gasteiger partial charge is 0.497 e. The Morgan fingerprint density at radius 2 is 1.52 bits per heavy atom. The lowest BCUT2D eigenvalue weighted by molar-refractivity contribution is 0.414. The van der Waals surface area contributed by atoms with Crippen LogP contribution in [0.3, 0.4) is 0 Å². The summed E-state index contributed by atoms with van der Waals surface area (Å²) in [6.07, 6.45) is 0. The van der Waals surface area contributed by atoms with Gasteiger partial charge in [-0.2, -0.15) is 4.98 Å². The van der Waals surface area contributed by atoms with Crippen molar-refractivity contribution in [1.82, 2.24) is 10.1 Å². The van der Waals surface area contributed by atoms with Crippen molar-refractivity contribution in [2.75, 3.05) is 14.2 Å². The number of ether oxygens (including phenoxy) is 2. The van der Waals surface area contributed by atoms with E-state index in [2.05, 4.69) is 10.1 Å². The van der Waals surface area contributed by atoms with Crippen LogP contribution in [0.25, 0.3) is 11.5 Å². The number of thioether (sulfide) groups is 1. The molecule has 0 bridgehead atoms. The quantitative estimate of drug-likeness (QED) is 0.636. The smallest absolute Gasteiger partial charge is 0.257 e. The lowest BCUT2D eigenvalue weighted by Crippen LogP contribution is -1.86. The van der Waals surface area contributed by atoms with Crippen LogP contribution in [0.2, 0.25) is 0 Å². The molecule has 1 heterocycles. The predicted octanol–water partition coefficient (Wildman–Crippen LogP) is 4.05. The summed E-state index contributed by atoms with van der Waals surface area (Å²) >= 11 is 1.65. The van der Waals surface area contributed by atoms with Gasteiger partial charge in [0.1, 0.15) is 11.5 Å². The molecule has 0 unspecified atom stereocenters. The SMILES string of the molecule is COc1ccc(SCc2noc(-c3ccc(OC)cc3)n2)cc1. The van der Waals surface area contributed by atoms with Gasteiger partial charge < -0.3 is 14.0 Å². The molecule has 0 saturated heterocycles. The minimum absolute atomic E-state index is 0.512. The second kappa shape index (κ2) is 7.19. The lowest BCUT2D eigenvalue weighted by Gasteiger charge is -2.01. The molecule has 0 saturated carbocycles. The maximum Gasteiger partial charge on any atom is 0.257 e. The van der Waals surface area contributed by atoms with E-state index in [0.717, 1.165) is 22.0 Å². The summed E-state index contributed by atoms with van der Waals surface area (Å²) in [7, 11) is 3.29. The zero-order chi connectivity index (χ0) is 16.1. The molecule has 3 rings (SSSR count). The van der Waals surface area contributed by atoms with Crippen LogP contribution in [-0.2, 0) is 5.75 Å². The van der Waals surface area contributed by atoms with Gasteiger partial charge in [0.15, 0.2) is 5.82 Å². The van der Waals surface area contributed by atoms with Crippen molar-refractivity contribution in [1.29, 1.82) is 0 Å². The van der Waals surface area contributed by atoms with E-state index < -0.39 is 0 Å². The molecule has 0 radical (unpaired) electrons. The zero-order valence-electron chi connectivity index (χ0n) is 12.9. The summed E-state index contributed by atoms with van der Waals surface area (Å²) in [5.41, 5.74) is 0.874. The molecule has 0 fully saturated rings. The van der Waals surface area contributed by atoms with Crippen LogP contribution >= 0.6 is 11.8 Å². The second-order valence-electron chi connectivity index (χ2n) is 4.71. The van der Waals surface area contributed by atoms with Crippen LogP contribution in [0.1, 0.15) is 5.82 Å². The van der Waals surface area contributed by atoms with Crippen molar-refractivity contribution in [2.45, 2.75) is 10.6 Å².